The van der Waals surface area contributed by atoms with E-state index in [1.165, 1.54) is 32.1 Å². The van der Waals surface area contributed by atoms with Crippen molar-refractivity contribution in [2.75, 3.05) is 0 Å². The van der Waals surface area contributed by atoms with Crippen molar-refractivity contribution < 1.29 is 0 Å². The van der Waals surface area contributed by atoms with Gasteiger partial charge in [-0.2, -0.15) is 0 Å². The van der Waals surface area contributed by atoms with Crippen molar-refractivity contribution >= 4 is 0 Å². The van der Waals surface area contributed by atoms with Gasteiger partial charge in [0.15, 0.2) is 0 Å². The average Bonchev–Trinajstić information content (AvgIpc) is 2.03. The minimum atomic E-state index is 0.444. The molecule has 1 nitrogen and oxygen atoms in total. The van der Waals surface area contributed by atoms with Crippen molar-refractivity contribution in [1.29, 1.82) is 0 Å². The molecule has 1 atom stereocenters. The quantitative estimate of drug-likeness (QED) is 0.664. The molecule has 1 aliphatic rings. The molecule has 0 aromatic carbocycles. The lowest BCUT2D eigenvalue weighted by atomic mass is 9.90. The Hall–Kier alpha value is -0.300. The van der Waals surface area contributed by atoms with Crippen LogP contribution in [0.4, 0.5) is 0 Å². The standard InChI is InChI=1S/C12H23N/c1-10(2)5-3-6-11-7-4-8-12(13)9-11/h6,10,12H,3-5,7-9,13H2,1-2H3/b11-6-. The zero-order valence-electron chi connectivity index (χ0n) is 9.05. The van der Waals surface area contributed by atoms with Crippen LogP contribution in [-0.2, 0) is 0 Å². The Morgan fingerprint density at radius 3 is 2.92 bits per heavy atom. The van der Waals surface area contributed by atoms with Crippen LogP contribution in [0.2, 0.25) is 0 Å². The molecule has 0 saturated heterocycles. The normalized spacial score (nSPS) is 27.1. The third kappa shape index (κ3) is 4.47. The lowest BCUT2D eigenvalue weighted by Gasteiger charge is -2.20. The molecule has 0 aliphatic heterocycles. The maximum atomic E-state index is 5.92. The van der Waals surface area contributed by atoms with E-state index in [0.717, 1.165) is 12.3 Å². The van der Waals surface area contributed by atoms with Crippen molar-refractivity contribution in [1.82, 2.24) is 0 Å². The lowest BCUT2D eigenvalue weighted by Crippen LogP contribution is -2.23. The van der Waals surface area contributed by atoms with Gasteiger partial charge in [-0.1, -0.05) is 25.5 Å². The van der Waals surface area contributed by atoms with Crippen LogP contribution in [0.1, 0.15) is 52.4 Å². The molecule has 1 saturated carbocycles. The summed E-state index contributed by atoms with van der Waals surface area (Å²) < 4.78 is 0. The Morgan fingerprint density at radius 1 is 1.54 bits per heavy atom. The highest BCUT2D eigenvalue weighted by molar-refractivity contribution is 5.06. The van der Waals surface area contributed by atoms with Crippen LogP contribution in [0.3, 0.4) is 0 Å². The lowest BCUT2D eigenvalue weighted by molar-refractivity contribution is 0.513. The first-order valence-corrected chi connectivity index (χ1v) is 5.62. The topological polar surface area (TPSA) is 26.0 Å². The van der Waals surface area contributed by atoms with Gasteiger partial charge in [-0.25, -0.2) is 0 Å². The molecule has 1 rings (SSSR count). The van der Waals surface area contributed by atoms with Gasteiger partial charge in [0.1, 0.15) is 0 Å². The maximum Gasteiger partial charge on any atom is 0.00761 e. The summed E-state index contributed by atoms with van der Waals surface area (Å²) in [6, 6.07) is 0.444. The third-order valence-electron chi connectivity index (χ3n) is 2.77. The van der Waals surface area contributed by atoms with Crippen LogP contribution in [0, 0.1) is 5.92 Å². The number of hydrogen-bond acceptors (Lipinski definition) is 1. The largest absolute Gasteiger partial charge is 0.327 e. The fourth-order valence-corrected chi connectivity index (χ4v) is 1.94. The van der Waals surface area contributed by atoms with E-state index in [9.17, 15) is 0 Å². The van der Waals surface area contributed by atoms with Gasteiger partial charge in [0.05, 0.1) is 0 Å². The van der Waals surface area contributed by atoms with E-state index in [-0.39, 0.29) is 0 Å². The number of hydrogen-bond donors (Lipinski definition) is 1. The van der Waals surface area contributed by atoms with E-state index in [2.05, 4.69) is 19.9 Å². The molecular weight excluding hydrogens is 158 g/mol. The Kier molecular flexibility index (Phi) is 4.51. The molecule has 76 valence electrons. The molecule has 1 heteroatoms. The van der Waals surface area contributed by atoms with Crippen molar-refractivity contribution in [3.05, 3.63) is 11.6 Å². The zero-order chi connectivity index (χ0) is 9.68. The van der Waals surface area contributed by atoms with Crippen LogP contribution >= 0.6 is 0 Å². The molecule has 0 radical (unpaired) electrons. The maximum absolute atomic E-state index is 5.92. The van der Waals surface area contributed by atoms with E-state index in [0.29, 0.717) is 6.04 Å². The molecule has 0 amide bonds. The number of nitrogens with two attached hydrogens (primary N) is 1. The van der Waals surface area contributed by atoms with Crippen molar-refractivity contribution in [3.63, 3.8) is 0 Å². The molecule has 0 aromatic heterocycles. The predicted octanol–water partition coefficient (Wildman–Crippen LogP) is 3.25. The summed E-state index contributed by atoms with van der Waals surface area (Å²) >= 11 is 0. The molecule has 0 bridgehead atoms. The number of rotatable bonds is 3. The summed E-state index contributed by atoms with van der Waals surface area (Å²) in [5.74, 6) is 0.828. The fourth-order valence-electron chi connectivity index (χ4n) is 1.94. The minimum absolute atomic E-state index is 0.444. The molecule has 1 aliphatic carbocycles. The highest BCUT2D eigenvalue weighted by Gasteiger charge is 2.12. The predicted molar refractivity (Wildman–Crippen MR) is 58.6 cm³/mol. The summed E-state index contributed by atoms with van der Waals surface area (Å²) in [6.45, 7) is 4.57. The van der Waals surface area contributed by atoms with Crippen molar-refractivity contribution in [2.45, 2.75) is 58.4 Å². The van der Waals surface area contributed by atoms with Gasteiger partial charge < -0.3 is 5.73 Å². The first-order valence-electron chi connectivity index (χ1n) is 5.62. The van der Waals surface area contributed by atoms with Gasteiger partial charge in [0, 0.05) is 6.04 Å². The van der Waals surface area contributed by atoms with E-state index < -0.39 is 0 Å². The van der Waals surface area contributed by atoms with Crippen LogP contribution in [0.5, 0.6) is 0 Å². The van der Waals surface area contributed by atoms with E-state index in [1.54, 1.807) is 5.57 Å². The summed E-state index contributed by atoms with van der Waals surface area (Å²) in [4.78, 5) is 0. The highest BCUT2D eigenvalue weighted by Crippen LogP contribution is 2.23. The molecule has 13 heavy (non-hydrogen) atoms. The van der Waals surface area contributed by atoms with Crippen LogP contribution in [0.25, 0.3) is 0 Å². The fraction of sp³-hybridized carbons (Fsp3) is 0.833. The third-order valence-corrected chi connectivity index (χ3v) is 2.77. The molecule has 1 unspecified atom stereocenters. The summed E-state index contributed by atoms with van der Waals surface area (Å²) in [7, 11) is 0. The van der Waals surface area contributed by atoms with Crippen LogP contribution in [0.15, 0.2) is 11.6 Å². The number of allylic oxidation sites excluding steroid dienone is 1. The van der Waals surface area contributed by atoms with E-state index in [4.69, 9.17) is 5.73 Å². The second kappa shape index (κ2) is 5.43. The van der Waals surface area contributed by atoms with Crippen LogP contribution < -0.4 is 5.73 Å². The first kappa shape index (κ1) is 10.8. The SMILES string of the molecule is CC(C)CC/C=C1/CCCC(N)C1. The molecule has 1 fully saturated rings. The Labute approximate surface area is 82.4 Å². The van der Waals surface area contributed by atoms with Gasteiger partial charge in [0.25, 0.3) is 0 Å². The Morgan fingerprint density at radius 2 is 2.31 bits per heavy atom. The summed E-state index contributed by atoms with van der Waals surface area (Å²) in [6.07, 6.45) is 9.97. The molecule has 2 N–H and O–H groups in total. The highest BCUT2D eigenvalue weighted by atomic mass is 14.6. The minimum Gasteiger partial charge on any atom is -0.327 e. The van der Waals surface area contributed by atoms with E-state index >= 15 is 0 Å². The van der Waals surface area contributed by atoms with Gasteiger partial charge in [-0.05, 0) is 44.4 Å². The van der Waals surface area contributed by atoms with Gasteiger partial charge >= 0.3 is 0 Å². The van der Waals surface area contributed by atoms with Gasteiger partial charge in [-0.15, -0.1) is 0 Å². The summed E-state index contributed by atoms with van der Waals surface area (Å²) in [5, 5.41) is 0. The first-order chi connectivity index (χ1) is 6.18. The Bertz CT molecular complexity index is 170. The monoisotopic (exact) mass is 181 g/mol. The van der Waals surface area contributed by atoms with E-state index in [1.807, 2.05) is 0 Å². The molecule has 0 heterocycles. The molecule has 0 aromatic rings. The average molecular weight is 181 g/mol. The smallest absolute Gasteiger partial charge is 0.00761 e. The van der Waals surface area contributed by atoms with Crippen LogP contribution in [-0.4, -0.2) is 6.04 Å². The second-order valence-corrected chi connectivity index (χ2v) is 4.69. The van der Waals surface area contributed by atoms with Crippen molar-refractivity contribution in [3.8, 4) is 0 Å². The van der Waals surface area contributed by atoms with Gasteiger partial charge in [0.2, 0.25) is 0 Å². The van der Waals surface area contributed by atoms with Crippen molar-refractivity contribution in [2.24, 2.45) is 11.7 Å². The zero-order valence-corrected chi connectivity index (χ0v) is 9.05. The second-order valence-electron chi connectivity index (χ2n) is 4.69. The molecule has 0 spiro atoms. The van der Waals surface area contributed by atoms with Gasteiger partial charge in [-0.3, -0.25) is 0 Å². The summed E-state index contributed by atoms with van der Waals surface area (Å²) in [5.41, 5.74) is 7.53. The molecular formula is C12H23N. The Balaban J connectivity index is 2.25.